The summed E-state index contributed by atoms with van der Waals surface area (Å²) >= 11 is 5.83. The third-order valence-electron chi connectivity index (χ3n) is 3.56. The van der Waals surface area contributed by atoms with Crippen molar-refractivity contribution < 1.29 is 4.79 Å². The van der Waals surface area contributed by atoms with Gasteiger partial charge in [0.25, 0.3) is 0 Å². The molecule has 1 unspecified atom stereocenters. The van der Waals surface area contributed by atoms with E-state index in [1.54, 1.807) is 12.1 Å². The van der Waals surface area contributed by atoms with E-state index in [4.69, 9.17) is 11.6 Å². The van der Waals surface area contributed by atoms with Crippen LogP contribution in [0.5, 0.6) is 0 Å². The number of anilines is 1. The van der Waals surface area contributed by atoms with Crippen molar-refractivity contribution in [3.8, 4) is 0 Å². The zero-order chi connectivity index (χ0) is 13.0. The molecule has 2 rings (SSSR count). The van der Waals surface area contributed by atoms with Crippen LogP contribution in [0.4, 0.5) is 5.69 Å². The molecule has 1 aromatic rings. The molecule has 1 fully saturated rings. The number of nitrogens with one attached hydrogen (secondary N) is 2. The van der Waals surface area contributed by atoms with E-state index >= 15 is 0 Å². The Kier molecular flexibility index (Phi) is 4.25. The summed E-state index contributed by atoms with van der Waals surface area (Å²) in [6.07, 6.45) is 2.87. The number of hydrogen-bond acceptors (Lipinski definition) is 2. The molecule has 0 aromatic heterocycles. The Hall–Kier alpha value is -1.06. The summed E-state index contributed by atoms with van der Waals surface area (Å²) in [6.45, 7) is 3.82. The molecule has 1 amide bonds. The number of carbonyl (C=O) groups excluding carboxylic acids is 1. The van der Waals surface area contributed by atoms with Crippen LogP contribution in [0.15, 0.2) is 24.3 Å². The van der Waals surface area contributed by atoms with Gasteiger partial charge in [0.05, 0.1) is 5.41 Å². The highest BCUT2D eigenvalue weighted by Crippen LogP contribution is 2.32. The maximum atomic E-state index is 12.4. The summed E-state index contributed by atoms with van der Waals surface area (Å²) in [4.78, 5) is 12.4. The Morgan fingerprint density at radius 3 is 2.72 bits per heavy atom. The Balaban J connectivity index is 2.07. The number of carbonyl (C=O) groups is 1. The van der Waals surface area contributed by atoms with Crippen molar-refractivity contribution >= 4 is 23.2 Å². The topological polar surface area (TPSA) is 41.1 Å². The lowest BCUT2D eigenvalue weighted by atomic mass is 9.81. The molecular formula is C14H19ClN2O. The molecule has 0 spiro atoms. The number of halogens is 1. The van der Waals surface area contributed by atoms with Crippen molar-refractivity contribution in [1.29, 1.82) is 0 Å². The van der Waals surface area contributed by atoms with Crippen LogP contribution in [0.3, 0.4) is 0 Å². The van der Waals surface area contributed by atoms with Crippen LogP contribution in [-0.2, 0) is 4.79 Å². The van der Waals surface area contributed by atoms with Crippen LogP contribution < -0.4 is 10.6 Å². The molecule has 1 aliphatic rings. The first-order chi connectivity index (χ1) is 8.66. The van der Waals surface area contributed by atoms with Crippen LogP contribution in [0.1, 0.15) is 26.2 Å². The van der Waals surface area contributed by atoms with E-state index in [1.807, 2.05) is 12.1 Å². The molecular weight excluding hydrogens is 248 g/mol. The number of amides is 1. The summed E-state index contributed by atoms with van der Waals surface area (Å²) in [5.41, 5.74) is 0.570. The third kappa shape index (κ3) is 2.85. The summed E-state index contributed by atoms with van der Waals surface area (Å²) in [7, 11) is 0. The SMILES string of the molecule is CCCC1(C(=O)Nc2ccc(Cl)cc2)CCNC1. The molecule has 0 aliphatic carbocycles. The van der Waals surface area contributed by atoms with E-state index in [1.165, 1.54) is 0 Å². The molecule has 0 bridgehead atoms. The highest BCUT2D eigenvalue weighted by molar-refractivity contribution is 6.30. The summed E-state index contributed by atoms with van der Waals surface area (Å²) < 4.78 is 0. The first kappa shape index (κ1) is 13.4. The van der Waals surface area contributed by atoms with Crippen LogP contribution >= 0.6 is 11.6 Å². The highest BCUT2D eigenvalue weighted by Gasteiger charge is 2.40. The molecule has 98 valence electrons. The van der Waals surface area contributed by atoms with Gasteiger partial charge in [0, 0.05) is 17.3 Å². The van der Waals surface area contributed by atoms with E-state index in [0.29, 0.717) is 5.02 Å². The fraction of sp³-hybridized carbons (Fsp3) is 0.500. The van der Waals surface area contributed by atoms with E-state index in [-0.39, 0.29) is 11.3 Å². The second-order valence-electron chi connectivity index (χ2n) is 4.92. The summed E-state index contributed by atoms with van der Waals surface area (Å²) in [5, 5.41) is 6.97. The van der Waals surface area contributed by atoms with Gasteiger partial charge >= 0.3 is 0 Å². The molecule has 0 radical (unpaired) electrons. The second-order valence-corrected chi connectivity index (χ2v) is 5.35. The lowest BCUT2D eigenvalue weighted by molar-refractivity contribution is -0.125. The summed E-state index contributed by atoms with van der Waals surface area (Å²) in [5.74, 6) is 0.122. The Bertz CT molecular complexity index is 410. The minimum absolute atomic E-state index is 0.122. The van der Waals surface area contributed by atoms with Crippen molar-refractivity contribution in [2.24, 2.45) is 5.41 Å². The average Bonchev–Trinajstić information content (AvgIpc) is 2.82. The van der Waals surface area contributed by atoms with Gasteiger partial charge in [0.1, 0.15) is 0 Å². The van der Waals surface area contributed by atoms with Crippen LogP contribution in [-0.4, -0.2) is 19.0 Å². The zero-order valence-electron chi connectivity index (χ0n) is 10.6. The normalized spacial score (nSPS) is 23.0. The number of rotatable bonds is 4. The van der Waals surface area contributed by atoms with Crippen molar-refractivity contribution in [3.05, 3.63) is 29.3 Å². The van der Waals surface area contributed by atoms with Crippen LogP contribution in [0.2, 0.25) is 5.02 Å². The third-order valence-corrected chi connectivity index (χ3v) is 3.81. The Morgan fingerprint density at radius 2 is 2.17 bits per heavy atom. The molecule has 2 N–H and O–H groups in total. The second kappa shape index (κ2) is 5.72. The van der Waals surface area contributed by atoms with Gasteiger partial charge in [-0.1, -0.05) is 24.9 Å². The van der Waals surface area contributed by atoms with E-state index in [0.717, 1.165) is 38.0 Å². The van der Waals surface area contributed by atoms with Crippen LogP contribution in [0, 0.1) is 5.41 Å². The van der Waals surface area contributed by atoms with E-state index in [2.05, 4.69) is 17.6 Å². The number of benzene rings is 1. The zero-order valence-corrected chi connectivity index (χ0v) is 11.4. The average molecular weight is 267 g/mol. The fourth-order valence-electron chi connectivity index (χ4n) is 2.54. The van der Waals surface area contributed by atoms with Gasteiger partial charge in [-0.05, 0) is 43.7 Å². The highest BCUT2D eigenvalue weighted by atomic mass is 35.5. The molecule has 18 heavy (non-hydrogen) atoms. The number of hydrogen-bond donors (Lipinski definition) is 2. The maximum Gasteiger partial charge on any atom is 0.231 e. The molecule has 1 aromatic carbocycles. The van der Waals surface area contributed by atoms with Crippen molar-refractivity contribution in [1.82, 2.24) is 5.32 Å². The van der Waals surface area contributed by atoms with Gasteiger partial charge in [-0.15, -0.1) is 0 Å². The van der Waals surface area contributed by atoms with Gasteiger partial charge in [-0.2, -0.15) is 0 Å². The standard InChI is InChI=1S/C14H19ClN2O/c1-2-7-14(8-9-16-10-14)13(18)17-12-5-3-11(15)4-6-12/h3-6,16H,2,7-10H2,1H3,(H,17,18). The van der Waals surface area contributed by atoms with E-state index in [9.17, 15) is 4.79 Å². The molecule has 1 saturated heterocycles. The maximum absolute atomic E-state index is 12.4. The monoisotopic (exact) mass is 266 g/mol. The smallest absolute Gasteiger partial charge is 0.231 e. The molecule has 1 aliphatic heterocycles. The summed E-state index contributed by atoms with van der Waals surface area (Å²) in [6, 6.07) is 7.25. The minimum atomic E-state index is -0.242. The van der Waals surface area contributed by atoms with Gasteiger partial charge in [0.2, 0.25) is 5.91 Å². The van der Waals surface area contributed by atoms with Gasteiger partial charge in [-0.25, -0.2) is 0 Å². The largest absolute Gasteiger partial charge is 0.326 e. The van der Waals surface area contributed by atoms with Gasteiger partial charge < -0.3 is 10.6 Å². The Labute approximate surface area is 113 Å². The Morgan fingerprint density at radius 1 is 1.44 bits per heavy atom. The van der Waals surface area contributed by atoms with Crippen molar-refractivity contribution in [2.75, 3.05) is 18.4 Å². The van der Waals surface area contributed by atoms with Gasteiger partial charge in [-0.3, -0.25) is 4.79 Å². The lowest BCUT2D eigenvalue weighted by Crippen LogP contribution is -2.38. The first-order valence-corrected chi connectivity index (χ1v) is 6.82. The molecule has 1 heterocycles. The van der Waals surface area contributed by atoms with Crippen molar-refractivity contribution in [2.45, 2.75) is 26.2 Å². The van der Waals surface area contributed by atoms with Gasteiger partial charge in [0.15, 0.2) is 0 Å². The molecule has 3 nitrogen and oxygen atoms in total. The first-order valence-electron chi connectivity index (χ1n) is 6.44. The molecule has 1 atom stereocenters. The fourth-order valence-corrected chi connectivity index (χ4v) is 2.67. The lowest BCUT2D eigenvalue weighted by Gasteiger charge is -2.26. The molecule has 0 saturated carbocycles. The predicted molar refractivity (Wildman–Crippen MR) is 74.9 cm³/mol. The quantitative estimate of drug-likeness (QED) is 0.879. The van der Waals surface area contributed by atoms with Crippen molar-refractivity contribution in [3.63, 3.8) is 0 Å². The van der Waals surface area contributed by atoms with Crippen LogP contribution in [0.25, 0.3) is 0 Å². The molecule has 4 heteroatoms. The minimum Gasteiger partial charge on any atom is -0.326 e. The van der Waals surface area contributed by atoms with E-state index < -0.39 is 0 Å². The predicted octanol–water partition coefficient (Wildman–Crippen LogP) is 3.06.